The largest absolute Gasteiger partial charge is 0.393 e. The molecule has 2 heteroatoms. The van der Waals surface area contributed by atoms with Gasteiger partial charge < -0.3 is 5.11 Å². The summed E-state index contributed by atoms with van der Waals surface area (Å²) in [4.78, 5) is 2.14. The number of aliphatic hydroxyl groups excluding tert-OH is 1. The van der Waals surface area contributed by atoms with E-state index in [1.807, 2.05) is 6.92 Å². The average Bonchev–Trinajstić information content (AvgIpc) is 2.54. The van der Waals surface area contributed by atoms with E-state index in [0.29, 0.717) is 17.3 Å². The molecule has 4 atom stereocenters. The van der Waals surface area contributed by atoms with E-state index >= 15 is 0 Å². The third-order valence-corrected chi connectivity index (χ3v) is 5.35. The van der Waals surface area contributed by atoms with Crippen LogP contribution in [-0.4, -0.2) is 11.2 Å². The quantitative estimate of drug-likeness (QED) is 0.769. The molecule has 0 amide bonds. The summed E-state index contributed by atoms with van der Waals surface area (Å²) in [6, 6.07) is 0. The van der Waals surface area contributed by atoms with Gasteiger partial charge in [-0.15, -0.1) is 0 Å². The molecule has 2 aliphatic carbocycles. The number of rotatable bonds is 1. The second-order valence-corrected chi connectivity index (χ2v) is 5.98. The van der Waals surface area contributed by atoms with Crippen molar-refractivity contribution < 1.29 is 5.11 Å². The van der Waals surface area contributed by atoms with Gasteiger partial charge in [-0.1, -0.05) is 28.4 Å². The number of allylic oxidation sites excluding steroid dienone is 1. The zero-order chi connectivity index (χ0) is 11.1. The van der Waals surface area contributed by atoms with Crippen LogP contribution in [0.25, 0.3) is 0 Å². The molecule has 2 rings (SSSR count). The molecular weight excluding hydrogens is 252 g/mol. The highest BCUT2D eigenvalue weighted by atomic mass is 79.9. The Morgan fingerprint density at radius 3 is 2.87 bits per heavy atom. The fourth-order valence-electron chi connectivity index (χ4n) is 4.00. The predicted molar refractivity (Wildman–Crippen MR) is 66.9 cm³/mol. The van der Waals surface area contributed by atoms with Crippen LogP contribution in [0.2, 0.25) is 0 Å². The third kappa shape index (κ3) is 1.80. The highest BCUT2D eigenvalue weighted by molar-refractivity contribution is 9.11. The zero-order valence-corrected chi connectivity index (χ0v) is 11.3. The maximum Gasteiger partial charge on any atom is 0.0545 e. The minimum Gasteiger partial charge on any atom is -0.393 e. The molecule has 2 fully saturated rings. The van der Waals surface area contributed by atoms with Crippen molar-refractivity contribution >= 4 is 15.9 Å². The van der Waals surface area contributed by atoms with Gasteiger partial charge in [0.25, 0.3) is 0 Å². The summed E-state index contributed by atoms with van der Waals surface area (Å²) in [5.74, 6) is 1.22. The van der Waals surface area contributed by atoms with E-state index in [1.165, 1.54) is 32.1 Å². The van der Waals surface area contributed by atoms with Crippen molar-refractivity contribution in [3.05, 3.63) is 10.6 Å². The Kier molecular flexibility index (Phi) is 3.27. The molecule has 0 spiro atoms. The van der Waals surface area contributed by atoms with Crippen molar-refractivity contribution in [2.45, 2.75) is 52.1 Å². The molecule has 0 saturated heterocycles. The maximum atomic E-state index is 9.88. The topological polar surface area (TPSA) is 20.2 Å². The van der Waals surface area contributed by atoms with Crippen LogP contribution >= 0.6 is 15.9 Å². The van der Waals surface area contributed by atoms with Gasteiger partial charge in [0.05, 0.1) is 6.10 Å². The molecule has 1 N–H and O–H groups in total. The number of fused-ring (bicyclic) bond motifs is 1. The monoisotopic (exact) mass is 272 g/mol. The van der Waals surface area contributed by atoms with Crippen LogP contribution in [0, 0.1) is 17.3 Å². The van der Waals surface area contributed by atoms with Gasteiger partial charge in [0.2, 0.25) is 0 Å². The number of halogens is 1. The summed E-state index contributed by atoms with van der Waals surface area (Å²) in [5.41, 5.74) is 1.93. The second kappa shape index (κ2) is 4.21. The van der Waals surface area contributed by atoms with Gasteiger partial charge >= 0.3 is 0 Å². The summed E-state index contributed by atoms with van der Waals surface area (Å²) >= 11 is 3.50. The van der Waals surface area contributed by atoms with Gasteiger partial charge in [0.15, 0.2) is 0 Å². The van der Waals surface area contributed by atoms with Crippen LogP contribution in [0.4, 0.5) is 0 Å². The lowest BCUT2D eigenvalue weighted by Gasteiger charge is -2.43. The van der Waals surface area contributed by atoms with E-state index in [0.717, 1.165) is 0 Å². The molecule has 0 aromatic heterocycles. The first-order valence-corrected chi connectivity index (χ1v) is 6.98. The molecule has 15 heavy (non-hydrogen) atoms. The summed E-state index contributed by atoms with van der Waals surface area (Å²) < 4.78 is 0. The zero-order valence-electron chi connectivity index (χ0n) is 9.67. The number of hydrogen-bond donors (Lipinski definition) is 1. The Morgan fingerprint density at radius 1 is 1.53 bits per heavy atom. The standard InChI is InChI=1S/C13H21BrO/c1-9(15)11-5-6-12-10(8-14)4-3-7-13(11,12)2/h8-9,11-12,15H,3-7H2,1-2H3/b10-8+/t9-,11+,12?,13+/m0/s1. The van der Waals surface area contributed by atoms with E-state index in [4.69, 9.17) is 0 Å². The van der Waals surface area contributed by atoms with Gasteiger partial charge in [-0.25, -0.2) is 0 Å². The van der Waals surface area contributed by atoms with E-state index in [1.54, 1.807) is 5.57 Å². The summed E-state index contributed by atoms with van der Waals surface area (Å²) in [6.45, 7) is 4.35. The first kappa shape index (κ1) is 11.7. The minimum absolute atomic E-state index is 0.144. The lowest BCUT2D eigenvalue weighted by molar-refractivity contribution is 0.0303. The second-order valence-electron chi connectivity index (χ2n) is 5.52. The van der Waals surface area contributed by atoms with Gasteiger partial charge in [-0.05, 0) is 61.3 Å². The first-order valence-electron chi connectivity index (χ1n) is 6.07. The van der Waals surface area contributed by atoms with Crippen LogP contribution in [-0.2, 0) is 0 Å². The Hall–Kier alpha value is 0.180. The molecule has 2 saturated carbocycles. The molecule has 1 unspecified atom stereocenters. The average molecular weight is 273 g/mol. The Balaban J connectivity index is 2.27. The molecule has 2 aliphatic rings. The lowest BCUT2D eigenvalue weighted by Crippen LogP contribution is -2.37. The van der Waals surface area contributed by atoms with Crippen LogP contribution in [0.1, 0.15) is 46.0 Å². The Bertz CT molecular complexity index is 272. The smallest absolute Gasteiger partial charge is 0.0545 e. The van der Waals surface area contributed by atoms with Crippen molar-refractivity contribution in [1.82, 2.24) is 0 Å². The van der Waals surface area contributed by atoms with Crippen molar-refractivity contribution in [3.8, 4) is 0 Å². The normalized spacial score (nSPS) is 45.5. The lowest BCUT2D eigenvalue weighted by atomic mass is 9.63. The van der Waals surface area contributed by atoms with Gasteiger partial charge in [0.1, 0.15) is 0 Å². The third-order valence-electron chi connectivity index (χ3n) is 4.76. The summed E-state index contributed by atoms with van der Waals surface area (Å²) in [5, 5.41) is 9.88. The SMILES string of the molecule is C[C@H](O)[C@H]1CCC2/C(=C/Br)CCC[C@@]21C. The van der Waals surface area contributed by atoms with E-state index in [9.17, 15) is 5.11 Å². The van der Waals surface area contributed by atoms with Crippen LogP contribution in [0.5, 0.6) is 0 Å². The number of aliphatic hydroxyl groups is 1. The van der Waals surface area contributed by atoms with Crippen molar-refractivity contribution in [2.75, 3.05) is 0 Å². The van der Waals surface area contributed by atoms with Crippen LogP contribution < -0.4 is 0 Å². The molecule has 0 aromatic rings. The molecule has 86 valence electrons. The van der Waals surface area contributed by atoms with Crippen LogP contribution in [0.15, 0.2) is 10.6 Å². The fraction of sp³-hybridized carbons (Fsp3) is 0.846. The summed E-state index contributed by atoms with van der Waals surface area (Å²) in [7, 11) is 0. The highest BCUT2D eigenvalue weighted by Crippen LogP contribution is 2.58. The van der Waals surface area contributed by atoms with Crippen LogP contribution in [0.3, 0.4) is 0 Å². The molecule has 0 aromatic carbocycles. The predicted octanol–water partition coefficient (Wildman–Crippen LogP) is 3.86. The van der Waals surface area contributed by atoms with E-state index < -0.39 is 0 Å². The minimum atomic E-state index is -0.144. The van der Waals surface area contributed by atoms with Crippen molar-refractivity contribution in [1.29, 1.82) is 0 Å². The fourth-order valence-corrected chi connectivity index (χ4v) is 4.55. The van der Waals surface area contributed by atoms with Crippen molar-refractivity contribution in [3.63, 3.8) is 0 Å². The first-order chi connectivity index (χ1) is 7.09. The molecule has 1 nitrogen and oxygen atoms in total. The summed E-state index contributed by atoms with van der Waals surface area (Å²) in [6.07, 6.45) is 6.14. The molecule has 0 aliphatic heterocycles. The van der Waals surface area contributed by atoms with Gasteiger partial charge in [-0.2, -0.15) is 0 Å². The van der Waals surface area contributed by atoms with E-state index in [2.05, 4.69) is 27.8 Å². The molecule has 0 bridgehead atoms. The van der Waals surface area contributed by atoms with E-state index in [-0.39, 0.29) is 6.10 Å². The van der Waals surface area contributed by atoms with Crippen molar-refractivity contribution in [2.24, 2.45) is 17.3 Å². The Morgan fingerprint density at radius 2 is 2.27 bits per heavy atom. The molecular formula is C13H21BrO. The Labute approximate surface area is 101 Å². The molecule has 0 heterocycles. The maximum absolute atomic E-state index is 9.88. The van der Waals surface area contributed by atoms with Gasteiger partial charge in [0, 0.05) is 0 Å². The highest BCUT2D eigenvalue weighted by Gasteiger charge is 2.50. The number of hydrogen-bond acceptors (Lipinski definition) is 1. The van der Waals surface area contributed by atoms with Gasteiger partial charge in [-0.3, -0.25) is 0 Å². The molecule has 0 radical (unpaired) electrons.